The maximum Gasteiger partial charge on any atom is 0.409 e. The van der Waals surface area contributed by atoms with Crippen molar-refractivity contribution in [3.63, 3.8) is 0 Å². The number of hydrogen-bond donors (Lipinski definition) is 2. The number of benzene rings is 1. The minimum atomic E-state index is -0.297. The number of hydrogen-bond acceptors (Lipinski definition) is 5. The van der Waals surface area contributed by atoms with E-state index in [0.717, 1.165) is 0 Å². The van der Waals surface area contributed by atoms with E-state index in [2.05, 4.69) is 10.6 Å². The van der Waals surface area contributed by atoms with Gasteiger partial charge in [0.1, 0.15) is 0 Å². The zero-order valence-electron chi connectivity index (χ0n) is 18.4. The standard InChI is InChI=1S/C22H34N4O4/c1-16(2)13-23-21(28)18-7-5-6-8-19(18)24-20(27)14-25-9-11-26(12-10-25)22(29)30-15-17(3)4/h5-8,16-17H,9-15H2,1-4H3,(H,23,28)(H,24,27). The molecule has 0 bridgehead atoms. The molecule has 1 aromatic carbocycles. The summed E-state index contributed by atoms with van der Waals surface area (Å²) in [6, 6.07) is 6.99. The van der Waals surface area contributed by atoms with Crippen LogP contribution in [0.4, 0.5) is 10.5 Å². The molecule has 0 atom stereocenters. The second-order valence-electron chi connectivity index (χ2n) is 8.43. The maximum absolute atomic E-state index is 12.5. The molecule has 0 saturated carbocycles. The van der Waals surface area contributed by atoms with Crippen molar-refractivity contribution >= 4 is 23.6 Å². The minimum absolute atomic E-state index is 0.185. The largest absolute Gasteiger partial charge is 0.449 e. The third-order valence-electron chi connectivity index (χ3n) is 4.65. The van der Waals surface area contributed by atoms with Gasteiger partial charge in [-0.3, -0.25) is 14.5 Å². The Hall–Kier alpha value is -2.61. The van der Waals surface area contributed by atoms with Gasteiger partial charge in [0, 0.05) is 32.7 Å². The van der Waals surface area contributed by atoms with Crippen molar-refractivity contribution in [2.24, 2.45) is 11.8 Å². The minimum Gasteiger partial charge on any atom is -0.449 e. The summed E-state index contributed by atoms with van der Waals surface area (Å²) < 4.78 is 5.26. The van der Waals surface area contributed by atoms with Gasteiger partial charge in [0.05, 0.1) is 24.4 Å². The predicted octanol–water partition coefficient (Wildman–Crippen LogP) is 2.42. The third kappa shape index (κ3) is 7.67. The van der Waals surface area contributed by atoms with E-state index in [1.165, 1.54) is 0 Å². The number of piperazine rings is 1. The average Bonchev–Trinajstić information content (AvgIpc) is 2.71. The lowest BCUT2D eigenvalue weighted by Crippen LogP contribution is -2.50. The fraction of sp³-hybridized carbons (Fsp3) is 0.591. The Bertz CT molecular complexity index is 728. The molecule has 2 rings (SSSR count). The summed E-state index contributed by atoms with van der Waals surface area (Å²) in [5.41, 5.74) is 0.948. The fourth-order valence-electron chi connectivity index (χ4n) is 2.99. The molecule has 1 saturated heterocycles. The normalized spacial score (nSPS) is 14.7. The number of amides is 3. The highest BCUT2D eigenvalue weighted by atomic mass is 16.6. The molecular weight excluding hydrogens is 384 g/mol. The van der Waals surface area contributed by atoms with Crippen LogP contribution in [0.15, 0.2) is 24.3 Å². The van der Waals surface area contributed by atoms with Crippen LogP contribution in [0.2, 0.25) is 0 Å². The van der Waals surface area contributed by atoms with Crippen LogP contribution in [0.5, 0.6) is 0 Å². The molecule has 2 N–H and O–H groups in total. The lowest BCUT2D eigenvalue weighted by atomic mass is 10.1. The lowest BCUT2D eigenvalue weighted by Gasteiger charge is -2.33. The smallest absolute Gasteiger partial charge is 0.409 e. The summed E-state index contributed by atoms with van der Waals surface area (Å²) in [6.07, 6.45) is -0.297. The molecule has 1 aromatic rings. The first-order valence-electron chi connectivity index (χ1n) is 10.6. The van der Waals surface area contributed by atoms with Gasteiger partial charge in [-0.2, -0.15) is 0 Å². The van der Waals surface area contributed by atoms with E-state index in [1.807, 2.05) is 32.6 Å². The number of nitrogens with one attached hydrogen (secondary N) is 2. The SMILES string of the molecule is CC(C)CNC(=O)c1ccccc1NC(=O)CN1CCN(C(=O)OCC(C)C)CC1. The fourth-order valence-corrected chi connectivity index (χ4v) is 2.99. The second kappa shape index (κ2) is 11.5. The zero-order chi connectivity index (χ0) is 22.1. The van der Waals surface area contributed by atoms with Gasteiger partial charge in [0.15, 0.2) is 0 Å². The van der Waals surface area contributed by atoms with E-state index in [0.29, 0.717) is 62.4 Å². The molecule has 1 fully saturated rings. The molecule has 0 radical (unpaired) electrons. The van der Waals surface area contributed by atoms with Crippen LogP contribution in [0.3, 0.4) is 0 Å². The molecule has 1 heterocycles. The van der Waals surface area contributed by atoms with Crippen molar-refractivity contribution in [3.8, 4) is 0 Å². The van der Waals surface area contributed by atoms with Crippen LogP contribution in [-0.2, 0) is 9.53 Å². The van der Waals surface area contributed by atoms with E-state index in [-0.39, 0.29) is 24.5 Å². The Kier molecular flexibility index (Phi) is 9.11. The topological polar surface area (TPSA) is 91.0 Å². The van der Waals surface area contributed by atoms with E-state index in [1.54, 1.807) is 29.2 Å². The van der Waals surface area contributed by atoms with Crippen molar-refractivity contribution < 1.29 is 19.1 Å². The van der Waals surface area contributed by atoms with Crippen LogP contribution in [0.1, 0.15) is 38.1 Å². The molecule has 0 unspecified atom stereocenters. The van der Waals surface area contributed by atoms with Crippen LogP contribution in [-0.4, -0.2) is 73.6 Å². The number of ether oxygens (including phenoxy) is 1. The first-order chi connectivity index (χ1) is 14.3. The summed E-state index contributed by atoms with van der Waals surface area (Å²) in [7, 11) is 0. The highest BCUT2D eigenvalue weighted by molar-refractivity contribution is 6.04. The van der Waals surface area contributed by atoms with Crippen molar-refractivity contribution in [1.82, 2.24) is 15.1 Å². The van der Waals surface area contributed by atoms with Crippen molar-refractivity contribution in [2.45, 2.75) is 27.7 Å². The van der Waals surface area contributed by atoms with Crippen molar-refractivity contribution in [3.05, 3.63) is 29.8 Å². The Morgan fingerprint density at radius 1 is 1.00 bits per heavy atom. The van der Waals surface area contributed by atoms with E-state index in [9.17, 15) is 14.4 Å². The molecule has 1 aliphatic heterocycles. The van der Waals surface area contributed by atoms with E-state index >= 15 is 0 Å². The van der Waals surface area contributed by atoms with Crippen molar-refractivity contribution in [2.75, 3.05) is 51.2 Å². The van der Waals surface area contributed by atoms with Crippen LogP contribution in [0, 0.1) is 11.8 Å². The number of rotatable bonds is 8. The number of nitrogens with zero attached hydrogens (tertiary/aromatic N) is 2. The van der Waals surface area contributed by atoms with Gasteiger partial charge < -0.3 is 20.3 Å². The van der Waals surface area contributed by atoms with Crippen LogP contribution < -0.4 is 10.6 Å². The molecular formula is C22H34N4O4. The van der Waals surface area contributed by atoms with Crippen LogP contribution in [0.25, 0.3) is 0 Å². The molecule has 166 valence electrons. The van der Waals surface area contributed by atoms with Crippen LogP contribution >= 0.6 is 0 Å². The van der Waals surface area contributed by atoms with Crippen molar-refractivity contribution in [1.29, 1.82) is 0 Å². The van der Waals surface area contributed by atoms with E-state index in [4.69, 9.17) is 4.74 Å². The molecule has 0 spiro atoms. The Morgan fingerprint density at radius 2 is 1.67 bits per heavy atom. The van der Waals surface area contributed by atoms with Gasteiger partial charge in [-0.15, -0.1) is 0 Å². The number of anilines is 1. The van der Waals surface area contributed by atoms with Gasteiger partial charge in [-0.1, -0.05) is 39.8 Å². The first kappa shape index (κ1) is 23.7. The van der Waals surface area contributed by atoms with Gasteiger partial charge in [-0.05, 0) is 24.0 Å². The quantitative estimate of drug-likeness (QED) is 0.677. The predicted molar refractivity (Wildman–Crippen MR) is 116 cm³/mol. The zero-order valence-corrected chi connectivity index (χ0v) is 18.4. The monoisotopic (exact) mass is 418 g/mol. The Morgan fingerprint density at radius 3 is 2.30 bits per heavy atom. The summed E-state index contributed by atoms with van der Waals surface area (Å²) in [6.45, 7) is 11.5. The van der Waals surface area contributed by atoms with Gasteiger partial charge in [0.2, 0.25) is 5.91 Å². The number of carbonyl (C=O) groups is 3. The summed E-state index contributed by atoms with van der Waals surface area (Å²) >= 11 is 0. The molecule has 30 heavy (non-hydrogen) atoms. The number of para-hydroxylation sites is 1. The average molecular weight is 419 g/mol. The molecule has 0 aromatic heterocycles. The third-order valence-corrected chi connectivity index (χ3v) is 4.65. The summed E-state index contributed by atoms with van der Waals surface area (Å²) in [5, 5.41) is 5.72. The molecule has 8 heteroatoms. The first-order valence-corrected chi connectivity index (χ1v) is 10.6. The molecule has 0 aliphatic carbocycles. The van der Waals surface area contributed by atoms with Gasteiger partial charge in [0.25, 0.3) is 5.91 Å². The van der Waals surface area contributed by atoms with Gasteiger partial charge in [-0.25, -0.2) is 4.79 Å². The number of carbonyl (C=O) groups excluding carboxylic acids is 3. The highest BCUT2D eigenvalue weighted by Crippen LogP contribution is 2.15. The molecule has 1 aliphatic rings. The second-order valence-corrected chi connectivity index (χ2v) is 8.43. The molecule has 3 amide bonds. The molecule has 8 nitrogen and oxygen atoms in total. The summed E-state index contributed by atoms with van der Waals surface area (Å²) in [4.78, 5) is 40.6. The maximum atomic E-state index is 12.5. The Balaban J connectivity index is 1.83. The Labute approximate surface area is 178 Å². The lowest BCUT2D eigenvalue weighted by molar-refractivity contribution is -0.117. The van der Waals surface area contributed by atoms with E-state index < -0.39 is 0 Å². The van der Waals surface area contributed by atoms with Gasteiger partial charge >= 0.3 is 6.09 Å². The summed E-state index contributed by atoms with van der Waals surface area (Å²) in [5.74, 6) is 0.259. The highest BCUT2D eigenvalue weighted by Gasteiger charge is 2.24.